The fourth-order valence-electron chi connectivity index (χ4n) is 5.09. The maximum atomic E-state index is 13.8. The molecule has 1 aliphatic carbocycles. The maximum Gasteiger partial charge on any atom is 0.261 e. The number of amides is 1. The fourth-order valence-corrected chi connectivity index (χ4v) is 5.09. The maximum absolute atomic E-state index is 13.8. The van der Waals surface area contributed by atoms with E-state index >= 15 is 0 Å². The van der Waals surface area contributed by atoms with Gasteiger partial charge in [0.05, 0.1) is 12.2 Å². The van der Waals surface area contributed by atoms with Gasteiger partial charge in [0, 0.05) is 48.5 Å². The van der Waals surface area contributed by atoms with Gasteiger partial charge in [-0.05, 0) is 58.2 Å². The van der Waals surface area contributed by atoms with Crippen LogP contribution >= 0.6 is 0 Å². The van der Waals surface area contributed by atoms with Crippen molar-refractivity contribution in [3.63, 3.8) is 0 Å². The monoisotopic (exact) mass is 558 g/mol. The molecule has 3 N–H and O–H groups in total. The van der Waals surface area contributed by atoms with Crippen LogP contribution in [0.1, 0.15) is 74.9 Å². The highest BCUT2D eigenvalue weighted by Gasteiger charge is 2.33. The Morgan fingerprint density at radius 1 is 1.12 bits per heavy atom. The third-order valence-corrected chi connectivity index (χ3v) is 7.49. The first kappa shape index (κ1) is 28.4. The number of anilines is 5. The van der Waals surface area contributed by atoms with Crippen molar-refractivity contribution in [2.45, 2.75) is 72.8 Å². The van der Waals surface area contributed by atoms with Crippen molar-refractivity contribution in [3.8, 4) is 0 Å². The highest BCUT2D eigenvalue weighted by molar-refractivity contribution is 6.10. The van der Waals surface area contributed by atoms with Gasteiger partial charge in [0.15, 0.2) is 0 Å². The summed E-state index contributed by atoms with van der Waals surface area (Å²) in [6.45, 7) is 17.4. The van der Waals surface area contributed by atoms with Gasteiger partial charge in [0.25, 0.3) is 5.91 Å². The number of guanidine groups is 1. The first-order chi connectivity index (χ1) is 19.6. The second-order valence-corrected chi connectivity index (χ2v) is 11.8. The van der Waals surface area contributed by atoms with Crippen molar-refractivity contribution in [3.05, 3.63) is 53.2 Å². The standard InChI is InChI=1S/C31H42N8O2/c1-8-38(9-2)27-26(20(4)41-28(27)31(5,6)7)29(40)36-22-11-10-19(3)23(16-22)37-30-32-14-15-39(30)25-17-24(33-18-34-25)35-21-12-13-21/h10-11,16-18,21H,8-9,12-15H2,1-7H3,(H,32,37)(H,36,40)(H,33,34,35). The lowest BCUT2D eigenvalue weighted by atomic mass is 9.91. The van der Waals surface area contributed by atoms with Crippen LogP contribution in [0, 0.1) is 13.8 Å². The zero-order valence-corrected chi connectivity index (χ0v) is 25.3. The second kappa shape index (κ2) is 11.4. The van der Waals surface area contributed by atoms with Gasteiger partial charge in [0.2, 0.25) is 5.96 Å². The van der Waals surface area contributed by atoms with Crippen LogP contribution in [0.4, 0.5) is 28.7 Å². The number of aryl methyl sites for hydroxylation is 2. The lowest BCUT2D eigenvalue weighted by Gasteiger charge is -2.26. The van der Waals surface area contributed by atoms with E-state index in [1.807, 2.05) is 38.1 Å². The highest BCUT2D eigenvalue weighted by atomic mass is 16.3. The Hall–Kier alpha value is -4.08. The summed E-state index contributed by atoms with van der Waals surface area (Å²) in [6.07, 6.45) is 3.95. The molecule has 2 aliphatic rings. The Labute approximate surface area is 242 Å². The van der Waals surface area contributed by atoms with Crippen LogP contribution in [0.15, 0.2) is 40.0 Å². The molecule has 10 heteroatoms. The molecule has 218 valence electrons. The molecule has 0 atom stereocenters. The lowest BCUT2D eigenvalue weighted by molar-refractivity contribution is 0.102. The highest BCUT2D eigenvalue weighted by Crippen LogP contribution is 2.39. The number of carbonyl (C=O) groups is 1. The van der Waals surface area contributed by atoms with E-state index in [2.05, 4.69) is 70.3 Å². The summed E-state index contributed by atoms with van der Waals surface area (Å²) in [5.74, 6) is 3.61. The van der Waals surface area contributed by atoms with Crippen molar-refractivity contribution in [2.75, 3.05) is 51.9 Å². The first-order valence-corrected chi connectivity index (χ1v) is 14.6. The summed E-state index contributed by atoms with van der Waals surface area (Å²) >= 11 is 0. The van der Waals surface area contributed by atoms with Crippen molar-refractivity contribution < 1.29 is 9.21 Å². The molecule has 1 aliphatic heterocycles. The van der Waals surface area contributed by atoms with E-state index in [0.29, 0.717) is 29.6 Å². The van der Waals surface area contributed by atoms with Gasteiger partial charge in [-0.2, -0.15) is 0 Å². The third kappa shape index (κ3) is 6.16. The van der Waals surface area contributed by atoms with E-state index in [4.69, 9.17) is 9.41 Å². The molecule has 41 heavy (non-hydrogen) atoms. The fraction of sp³-hybridized carbons (Fsp3) is 0.484. The number of nitrogens with zero attached hydrogens (tertiary/aromatic N) is 5. The second-order valence-electron chi connectivity index (χ2n) is 11.8. The molecule has 2 aromatic heterocycles. The SMILES string of the molecule is CCN(CC)c1c(C(C)(C)C)oc(C)c1C(=O)Nc1ccc(C)c(NC2=NCCN2c2cc(NC3CC3)ncn2)c1. The largest absolute Gasteiger partial charge is 0.463 e. The Bertz CT molecular complexity index is 1450. The van der Waals surface area contributed by atoms with Crippen molar-refractivity contribution >= 4 is 40.6 Å². The molecular weight excluding hydrogens is 516 g/mol. The van der Waals surface area contributed by atoms with Crippen LogP contribution in [0.3, 0.4) is 0 Å². The number of nitrogens with one attached hydrogen (secondary N) is 3. The zero-order valence-electron chi connectivity index (χ0n) is 25.3. The number of aliphatic imine (C=N–C) groups is 1. The van der Waals surface area contributed by atoms with Crippen LogP contribution in [0.2, 0.25) is 0 Å². The number of hydrogen-bond donors (Lipinski definition) is 3. The van der Waals surface area contributed by atoms with Gasteiger partial charge < -0.3 is 25.3 Å². The molecule has 0 saturated heterocycles. The zero-order chi connectivity index (χ0) is 29.3. The Morgan fingerprint density at radius 2 is 1.88 bits per heavy atom. The van der Waals surface area contributed by atoms with Crippen LogP contribution in [0.5, 0.6) is 0 Å². The van der Waals surface area contributed by atoms with E-state index in [0.717, 1.165) is 59.9 Å². The Balaban J connectivity index is 1.37. The van der Waals surface area contributed by atoms with Crippen LogP contribution < -0.4 is 25.8 Å². The predicted molar refractivity (Wildman–Crippen MR) is 167 cm³/mol. The Morgan fingerprint density at radius 3 is 2.56 bits per heavy atom. The van der Waals surface area contributed by atoms with E-state index < -0.39 is 0 Å². The van der Waals surface area contributed by atoms with Gasteiger partial charge in [-0.1, -0.05) is 26.8 Å². The molecule has 0 spiro atoms. The summed E-state index contributed by atoms with van der Waals surface area (Å²) in [4.78, 5) is 31.6. The quantitative estimate of drug-likeness (QED) is 0.296. The van der Waals surface area contributed by atoms with Crippen molar-refractivity contribution in [1.29, 1.82) is 0 Å². The van der Waals surface area contributed by atoms with E-state index in [-0.39, 0.29) is 11.3 Å². The van der Waals surface area contributed by atoms with E-state index in [1.165, 1.54) is 12.8 Å². The molecule has 1 fully saturated rings. The number of benzene rings is 1. The average molecular weight is 559 g/mol. The molecule has 1 saturated carbocycles. The predicted octanol–water partition coefficient (Wildman–Crippen LogP) is 5.94. The first-order valence-electron chi connectivity index (χ1n) is 14.6. The van der Waals surface area contributed by atoms with Gasteiger partial charge >= 0.3 is 0 Å². The number of hydrogen-bond acceptors (Lipinski definition) is 9. The summed E-state index contributed by atoms with van der Waals surface area (Å²) < 4.78 is 6.22. The molecule has 1 amide bonds. The minimum atomic E-state index is -0.242. The third-order valence-electron chi connectivity index (χ3n) is 7.49. The smallest absolute Gasteiger partial charge is 0.261 e. The minimum absolute atomic E-state index is 0.185. The van der Waals surface area contributed by atoms with Crippen LogP contribution in [-0.4, -0.2) is 54.1 Å². The molecule has 1 aromatic carbocycles. The molecule has 0 radical (unpaired) electrons. The topological polar surface area (TPSA) is 111 Å². The van der Waals surface area contributed by atoms with Crippen LogP contribution in [0.25, 0.3) is 0 Å². The number of rotatable bonds is 9. The van der Waals surface area contributed by atoms with Gasteiger partial charge in [-0.3, -0.25) is 14.7 Å². The van der Waals surface area contributed by atoms with Crippen molar-refractivity contribution in [1.82, 2.24) is 9.97 Å². The average Bonchev–Trinajstić information content (AvgIpc) is 3.49. The molecule has 10 nitrogen and oxygen atoms in total. The summed E-state index contributed by atoms with van der Waals surface area (Å²) in [5.41, 5.74) is 3.80. The minimum Gasteiger partial charge on any atom is -0.463 e. The molecule has 3 heterocycles. The normalized spacial score (nSPS) is 15.1. The van der Waals surface area contributed by atoms with Crippen LogP contribution in [-0.2, 0) is 5.41 Å². The summed E-state index contributed by atoms with van der Waals surface area (Å²) in [5, 5.41) is 10.0. The number of furan rings is 1. The Kier molecular flexibility index (Phi) is 7.93. The molecular formula is C31H42N8O2. The molecule has 0 unspecified atom stereocenters. The van der Waals surface area contributed by atoms with Gasteiger partial charge in [0.1, 0.15) is 35.0 Å². The molecule has 3 aromatic rings. The van der Waals surface area contributed by atoms with Gasteiger partial charge in [-0.15, -0.1) is 0 Å². The summed E-state index contributed by atoms with van der Waals surface area (Å²) in [6, 6.07) is 8.34. The van der Waals surface area contributed by atoms with E-state index in [9.17, 15) is 4.79 Å². The molecule has 5 rings (SSSR count). The molecule has 0 bridgehead atoms. The van der Waals surface area contributed by atoms with E-state index in [1.54, 1.807) is 6.33 Å². The lowest BCUT2D eigenvalue weighted by Crippen LogP contribution is -2.34. The summed E-state index contributed by atoms with van der Waals surface area (Å²) in [7, 11) is 0. The number of aromatic nitrogens is 2. The van der Waals surface area contributed by atoms with Gasteiger partial charge in [-0.25, -0.2) is 9.97 Å². The number of carbonyl (C=O) groups excluding carboxylic acids is 1. The van der Waals surface area contributed by atoms with Crippen molar-refractivity contribution in [2.24, 2.45) is 4.99 Å².